The summed E-state index contributed by atoms with van der Waals surface area (Å²) in [6.07, 6.45) is -2.86. The van der Waals surface area contributed by atoms with Gasteiger partial charge in [0.1, 0.15) is 5.82 Å². The van der Waals surface area contributed by atoms with Gasteiger partial charge in [0.15, 0.2) is 0 Å². The van der Waals surface area contributed by atoms with Crippen LogP contribution in [0.3, 0.4) is 0 Å². The molecule has 144 valence electrons. The van der Waals surface area contributed by atoms with Crippen LogP contribution in [0.2, 0.25) is 0 Å². The molecule has 0 saturated heterocycles. The highest BCUT2D eigenvalue weighted by Gasteiger charge is 2.31. The maximum absolute atomic E-state index is 13.2. The number of hydrogen-bond donors (Lipinski definition) is 0. The molecule has 0 unspecified atom stereocenters. The highest BCUT2D eigenvalue weighted by Crippen LogP contribution is 2.31. The molecule has 0 saturated carbocycles. The van der Waals surface area contributed by atoms with Crippen molar-refractivity contribution >= 4 is 11.6 Å². The lowest BCUT2D eigenvalue weighted by molar-refractivity contribution is 0.0720. The smallest absolute Gasteiger partial charge is 0.314 e. The van der Waals surface area contributed by atoms with E-state index >= 15 is 0 Å². The molecule has 0 aliphatic carbocycles. The number of anilines is 1. The van der Waals surface area contributed by atoms with Gasteiger partial charge in [-0.3, -0.25) is 9.80 Å². The van der Waals surface area contributed by atoms with E-state index in [4.69, 9.17) is 4.42 Å². The van der Waals surface area contributed by atoms with Crippen LogP contribution in [0.4, 0.5) is 18.9 Å². The maximum atomic E-state index is 13.2. The fraction of sp³-hybridized carbons (Fsp3) is 0.211. The molecule has 1 aromatic heterocycles. The molecule has 6 nitrogen and oxygen atoms in total. The molecule has 0 N–H and O–H groups in total. The van der Waals surface area contributed by atoms with Crippen molar-refractivity contribution in [2.45, 2.75) is 19.9 Å². The number of carbonyl (C=O) groups is 1. The number of hydrogen-bond acceptors (Lipinski definition) is 5. The van der Waals surface area contributed by atoms with E-state index in [1.54, 1.807) is 35.3 Å². The number of aromatic nitrogens is 2. The number of halogens is 3. The molecule has 0 bridgehead atoms. The van der Waals surface area contributed by atoms with Gasteiger partial charge in [-0.05, 0) is 48.9 Å². The van der Waals surface area contributed by atoms with Crippen LogP contribution in [-0.2, 0) is 6.54 Å². The summed E-state index contributed by atoms with van der Waals surface area (Å²) in [5.41, 5.74) is 2.24. The summed E-state index contributed by atoms with van der Waals surface area (Å²) >= 11 is 0. The van der Waals surface area contributed by atoms with E-state index in [1.807, 2.05) is 6.92 Å². The zero-order chi connectivity index (χ0) is 19.8. The third-order valence-electron chi connectivity index (χ3n) is 4.48. The molecule has 1 aliphatic rings. The predicted octanol–water partition coefficient (Wildman–Crippen LogP) is 4.21. The largest absolute Gasteiger partial charge is 0.415 e. The van der Waals surface area contributed by atoms with Crippen molar-refractivity contribution in [3.63, 3.8) is 0 Å². The van der Waals surface area contributed by atoms with Gasteiger partial charge in [-0.25, -0.2) is 9.40 Å². The predicted molar refractivity (Wildman–Crippen MR) is 94.0 cm³/mol. The molecular formula is C19H15F3N4O2. The lowest BCUT2D eigenvalue weighted by Crippen LogP contribution is -2.50. The Kier molecular flexibility index (Phi) is 4.50. The Morgan fingerprint density at radius 2 is 1.89 bits per heavy atom. The van der Waals surface area contributed by atoms with Gasteiger partial charge < -0.3 is 4.42 Å². The van der Waals surface area contributed by atoms with Crippen molar-refractivity contribution in [3.8, 4) is 11.5 Å². The summed E-state index contributed by atoms with van der Waals surface area (Å²) in [7, 11) is 0. The van der Waals surface area contributed by atoms with Crippen LogP contribution in [0.5, 0.6) is 0 Å². The number of nitrogens with zero attached hydrogens (tertiary/aromatic N) is 4. The Labute approximate surface area is 158 Å². The van der Waals surface area contributed by atoms with E-state index in [0.29, 0.717) is 29.9 Å². The molecule has 3 aromatic rings. The molecule has 4 rings (SSSR count). The highest BCUT2D eigenvalue weighted by atomic mass is 19.3. The van der Waals surface area contributed by atoms with Crippen LogP contribution in [0.1, 0.15) is 35.2 Å². The van der Waals surface area contributed by atoms with Gasteiger partial charge in [0, 0.05) is 17.7 Å². The van der Waals surface area contributed by atoms with Crippen molar-refractivity contribution in [1.82, 2.24) is 15.2 Å². The van der Waals surface area contributed by atoms with E-state index < -0.39 is 12.3 Å². The number of alkyl halides is 2. The quantitative estimate of drug-likeness (QED) is 0.670. The van der Waals surface area contributed by atoms with Crippen molar-refractivity contribution in [1.29, 1.82) is 0 Å². The summed E-state index contributed by atoms with van der Waals surface area (Å²) in [6.45, 7) is 2.62. The molecule has 28 heavy (non-hydrogen) atoms. The van der Waals surface area contributed by atoms with Crippen LogP contribution in [0.15, 0.2) is 46.9 Å². The van der Waals surface area contributed by atoms with Crippen molar-refractivity contribution in [2.24, 2.45) is 0 Å². The lowest BCUT2D eigenvalue weighted by atomic mass is 10.0. The Bertz CT molecular complexity index is 1020. The molecule has 2 aromatic carbocycles. The summed E-state index contributed by atoms with van der Waals surface area (Å²) in [6, 6.07) is 10.8. The molecule has 9 heteroatoms. The number of fused-ring (bicyclic) bond motifs is 1. The van der Waals surface area contributed by atoms with E-state index in [-0.39, 0.29) is 17.6 Å². The van der Waals surface area contributed by atoms with Gasteiger partial charge >= 0.3 is 6.43 Å². The Morgan fingerprint density at radius 3 is 2.54 bits per heavy atom. The van der Waals surface area contributed by atoms with Crippen LogP contribution in [0.25, 0.3) is 11.5 Å². The minimum atomic E-state index is -2.86. The maximum Gasteiger partial charge on any atom is 0.314 e. The summed E-state index contributed by atoms with van der Waals surface area (Å²) < 4.78 is 43.6. The second-order valence-corrected chi connectivity index (χ2v) is 6.17. The van der Waals surface area contributed by atoms with E-state index in [9.17, 15) is 18.0 Å². The molecule has 0 atom stereocenters. The third-order valence-corrected chi connectivity index (χ3v) is 4.48. The normalized spacial score (nSPS) is 14.0. The van der Waals surface area contributed by atoms with Crippen LogP contribution in [0, 0.1) is 5.82 Å². The molecular weight excluding hydrogens is 373 g/mol. The minimum absolute atomic E-state index is 0.0742. The van der Waals surface area contributed by atoms with Crippen molar-refractivity contribution in [3.05, 3.63) is 65.3 Å². The summed E-state index contributed by atoms with van der Waals surface area (Å²) in [5, 5.41) is 10.2. The first kappa shape index (κ1) is 18.0. The molecule has 2 heterocycles. The minimum Gasteiger partial charge on any atom is -0.415 e. The van der Waals surface area contributed by atoms with Gasteiger partial charge in [-0.2, -0.15) is 8.78 Å². The van der Waals surface area contributed by atoms with Crippen molar-refractivity contribution in [2.75, 3.05) is 11.6 Å². The first-order chi connectivity index (χ1) is 13.5. The number of rotatable bonds is 4. The standard InChI is InChI=1S/C19H15F3N4O2/c1-2-25-19(27)15-9-11(17-23-24-18(28-17)16(21)22)3-4-12(15)10-26(25)14-7-5-13(20)6-8-14/h3-9,16H,2,10H2,1H3. The van der Waals surface area contributed by atoms with Gasteiger partial charge in [0.2, 0.25) is 5.89 Å². The Hall–Kier alpha value is -3.36. The highest BCUT2D eigenvalue weighted by molar-refractivity contribution is 5.99. The average molecular weight is 388 g/mol. The average Bonchev–Trinajstić information content (AvgIpc) is 3.19. The van der Waals surface area contributed by atoms with E-state index in [1.165, 1.54) is 17.1 Å². The monoisotopic (exact) mass is 388 g/mol. The summed E-state index contributed by atoms with van der Waals surface area (Å²) in [4.78, 5) is 13.0. The molecule has 0 spiro atoms. The zero-order valence-corrected chi connectivity index (χ0v) is 14.8. The fourth-order valence-corrected chi connectivity index (χ4v) is 3.14. The second-order valence-electron chi connectivity index (χ2n) is 6.17. The summed E-state index contributed by atoms with van der Waals surface area (Å²) in [5.74, 6) is -1.46. The van der Waals surface area contributed by atoms with Crippen LogP contribution < -0.4 is 5.01 Å². The number of benzene rings is 2. The van der Waals surface area contributed by atoms with Crippen LogP contribution >= 0.6 is 0 Å². The fourth-order valence-electron chi connectivity index (χ4n) is 3.14. The molecule has 0 radical (unpaired) electrons. The van der Waals surface area contributed by atoms with Gasteiger partial charge in [0.05, 0.1) is 12.2 Å². The van der Waals surface area contributed by atoms with E-state index in [2.05, 4.69) is 10.2 Å². The van der Waals surface area contributed by atoms with Crippen molar-refractivity contribution < 1.29 is 22.4 Å². The van der Waals surface area contributed by atoms with Gasteiger partial charge in [-0.15, -0.1) is 10.2 Å². The lowest BCUT2D eigenvalue weighted by Gasteiger charge is -2.40. The van der Waals surface area contributed by atoms with Gasteiger partial charge in [-0.1, -0.05) is 6.07 Å². The number of carbonyl (C=O) groups excluding carboxylic acids is 1. The SMILES string of the molecule is CCN1C(=O)c2cc(-c3nnc(C(F)F)o3)ccc2CN1c1ccc(F)cc1. The molecule has 1 aliphatic heterocycles. The first-order valence-electron chi connectivity index (χ1n) is 8.57. The number of hydrazine groups is 1. The van der Waals surface area contributed by atoms with Gasteiger partial charge in [0.25, 0.3) is 11.8 Å². The first-order valence-corrected chi connectivity index (χ1v) is 8.57. The number of amides is 1. The molecule has 0 fully saturated rings. The zero-order valence-electron chi connectivity index (χ0n) is 14.8. The van der Waals surface area contributed by atoms with E-state index in [0.717, 1.165) is 5.56 Å². The molecule has 1 amide bonds. The Balaban J connectivity index is 1.71. The Morgan fingerprint density at radius 1 is 1.14 bits per heavy atom. The second kappa shape index (κ2) is 6.99. The van der Waals surface area contributed by atoms with Crippen LogP contribution in [-0.4, -0.2) is 27.7 Å². The topological polar surface area (TPSA) is 62.5 Å². The third kappa shape index (κ3) is 3.08.